The molecule has 0 saturated heterocycles. The summed E-state index contributed by atoms with van der Waals surface area (Å²) < 4.78 is 11.8. The van der Waals surface area contributed by atoms with Crippen molar-refractivity contribution in [3.05, 3.63) is 75.0 Å². The Morgan fingerprint density at radius 1 is 1.03 bits per heavy atom. The molecule has 9 nitrogen and oxygen atoms in total. The predicted molar refractivity (Wildman–Crippen MR) is 122 cm³/mol. The molecule has 11 heteroatoms. The van der Waals surface area contributed by atoms with Crippen molar-refractivity contribution in [2.75, 3.05) is 13.7 Å². The highest BCUT2D eigenvalue weighted by Crippen LogP contribution is 2.23. The van der Waals surface area contributed by atoms with Crippen LogP contribution in [0.5, 0.6) is 5.75 Å². The average Bonchev–Trinajstić information content (AvgIpc) is 3.08. The summed E-state index contributed by atoms with van der Waals surface area (Å²) in [5, 5.41) is 5.25. The van der Waals surface area contributed by atoms with Gasteiger partial charge in [0, 0.05) is 5.02 Å². The molecule has 0 fully saturated rings. The second-order valence-corrected chi connectivity index (χ2v) is 7.68. The van der Waals surface area contributed by atoms with E-state index in [1.54, 1.807) is 41.9 Å². The lowest BCUT2D eigenvalue weighted by Gasteiger charge is -2.11. The Balaban J connectivity index is 1.53. The van der Waals surface area contributed by atoms with Crippen LogP contribution < -0.4 is 15.6 Å². The van der Waals surface area contributed by atoms with Gasteiger partial charge in [-0.3, -0.25) is 20.4 Å². The zero-order valence-corrected chi connectivity index (χ0v) is 19.5. The molecule has 33 heavy (non-hydrogen) atoms. The maximum atomic E-state index is 12.2. The van der Waals surface area contributed by atoms with E-state index in [-0.39, 0.29) is 16.9 Å². The molecule has 3 aromatic rings. The van der Waals surface area contributed by atoms with Gasteiger partial charge in [0.25, 0.3) is 11.8 Å². The summed E-state index contributed by atoms with van der Waals surface area (Å²) >= 11 is 12.1. The van der Waals surface area contributed by atoms with Crippen LogP contribution in [-0.4, -0.2) is 41.3 Å². The molecule has 0 aliphatic carbocycles. The van der Waals surface area contributed by atoms with Crippen molar-refractivity contribution in [3.63, 3.8) is 0 Å². The Morgan fingerprint density at radius 3 is 2.33 bits per heavy atom. The van der Waals surface area contributed by atoms with Crippen LogP contribution in [0, 0.1) is 13.8 Å². The van der Waals surface area contributed by atoms with Crippen LogP contribution in [0.25, 0.3) is 5.69 Å². The molecule has 0 atom stereocenters. The summed E-state index contributed by atoms with van der Waals surface area (Å²) in [7, 11) is 1.40. The minimum Gasteiger partial charge on any atom is -0.496 e. The Morgan fingerprint density at radius 2 is 1.73 bits per heavy atom. The van der Waals surface area contributed by atoms with Gasteiger partial charge < -0.3 is 9.47 Å². The van der Waals surface area contributed by atoms with Gasteiger partial charge in [-0.25, -0.2) is 9.48 Å². The maximum Gasteiger partial charge on any atom is 0.338 e. The topological polar surface area (TPSA) is 112 Å². The van der Waals surface area contributed by atoms with E-state index in [0.717, 1.165) is 11.4 Å². The molecular formula is C22H20Cl2N4O5. The zero-order chi connectivity index (χ0) is 24.1. The molecule has 0 spiro atoms. The Bertz CT molecular complexity index is 1210. The molecule has 172 valence electrons. The zero-order valence-electron chi connectivity index (χ0n) is 17.9. The van der Waals surface area contributed by atoms with E-state index in [4.69, 9.17) is 32.7 Å². The summed E-state index contributed by atoms with van der Waals surface area (Å²) in [4.78, 5) is 36.4. The van der Waals surface area contributed by atoms with Crippen molar-refractivity contribution < 1.29 is 23.9 Å². The second kappa shape index (κ2) is 10.4. The van der Waals surface area contributed by atoms with Crippen LogP contribution in [0.3, 0.4) is 0 Å². The fraction of sp³-hybridized carbons (Fsp3) is 0.182. The summed E-state index contributed by atoms with van der Waals surface area (Å²) in [6.07, 6.45) is 0. The SMILES string of the molecule is COc1ccc(Cl)cc1C(=O)NNC(=O)COC(=O)c1ccc(-n2nc(C)c(Cl)c2C)cc1. The van der Waals surface area contributed by atoms with Gasteiger partial charge in [-0.2, -0.15) is 5.10 Å². The number of benzene rings is 2. The lowest BCUT2D eigenvalue weighted by atomic mass is 10.2. The van der Waals surface area contributed by atoms with Gasteiger partial charge in [0.15, 0.2) is 6.61 Å². The highest BCUT2D eigenvalue weighted by Gasteiger charge is 2.16. The third kappa shape index (κ3) is 5.63. The smallest absolute Gasteiger partial charge is 0.338 e. The number of rotatable bonds is 6. The van der Waals surface area contributed by atoms with E-state index in [1.807, 2.05) is 6.92 Å². The number of esters is 1. The molecular weight excluding hydrogens is 471 g/mol. The largest absolute Gasteiger partial charge is 0.496 e. The minimum atomic E-state index is -0.730. The molecule has 0 unspecified atom stereocenters. The van der Waals surface area contributed by atoms with E-state index in [9.17, 15) is 14.4 Å². The number of ether oxygens (including phenoxy) is 2. The number of aromatic nitrogens is 2. The van der Waals surface area contributed by atoms with Crippen LogP contribution in [0.15, 0.2) is 42.5 Å². The number of nitrogens with one attached hydrogen (secondary N) is 2. The number of amides is 2. The lowest BCUT2D eigenvalue weighted by molar-refractivity contribution is -0.125. The molecule has 1 aromatic heterocycles. The van der Waals surface area contributed by atoms with Gasteiger partial charge in [0.05, 0.1) is 40.3 Å². The van der Waals surface area contributed by atoms with Crippen LogP contribution in [-0.2, 0) is 9.53 Å². The summed E-state index contributed by atoms with van der Waals surface area (Å²) in [6.45, 7) is 3.04. The number of nitrogens with zero attached hydrogens (tertiary/aromatic N) is 2. The predicted octanol–water partition coefficient (Wildman–Crippen LogP) is 3.42. The van der Waals surface area contributed by atoms with Gasteiger partial charge in [-0.1, -0.05) is 23.2 Å². The van der Waals surface area contributed by atoms with E-state index in [1.165, 1.54) is 19.2 Å². The van der Waals surface area contributed by atoms with E-state index in [2.05, 4.69) is 16.0 Å². The van der Waals surface area contributed by atoms with Crippen molar-refractivity contribution >= 4 is 41.0 Å². The van der Waals surface area contributed by atoms with Crippen LogP contribution in [0.2, 0.25) is 10.0 Å². The van der Waals surface area contributed by atoms with E-state index < -0.39 is 24.4 Å². The van der Waals surface area contributed by atoms with Gasteiger partial charge in [0.2, 0.25) is 0 Å². The van der Waals surface area contributed by atoms with Gasteiger partial charge in [0.1, 0.15) is 5.75 Å². The van der Waals surface area contributed by atoms with Crippen LogP contribution >= 0.6 is 23.2 Å². The van der Waals surface area contributed by atoms with E-state index in [0.29, 0.717) is 15.7 Å². The van der Waals surface area contributed by atoms with Crippen molar-refractivity contribution in [1.82, 2.24) is 20.6 Å². The highest BCUT2D eigenvalue weighted by atomic mass is 35.5. The van der Waals surface area contributed by atoms with E-state index >= 15 is 0 Å². The molecule has 1 heterocycles. The fourth-order valence-electron chi connectivity index (χ4n) is 2.92. The number of halogens is 2. The Hall–Kier alpha value is -3.56. The molecule has 2 amide bonds. The Kier molecular flexibility index (Phi) is 7.57. The lowest BCUT2D eigenvalue weighted by Crippen LogP contribution is -2.43. The molecule has 0 bridgehead atoms. The normalized spacial score (nSPS) is 10.5. The van der Waals surface area contributed by atoms with Crippen molar-refractivity contribution in [2.45, 2.75) is 13.8 Å². The molecule has 0 saturated carbocycles. The minimum absolute atomic E-state index is 0.131. The number of hydrogen-bond donors (Lipinski definition) is 2. The summed E-state index contributed by atoms with van der Waals surface area (Å²) in [5.74, 6) is -1.80. The third-order valence-corrected chi connectivity index (χ3v) is 5.39. The van der Waals surface area contributed by atoms with Gasteiger partial charge >= 0.3 is 5.97 Å². The summed E-state index contributed by atoms with van der Waals surface area (Å²) in [6, 6.07) is 10.9. The maximum absolute atomic E-state index is 12.2. The third-order valence-electron chi connectivity index (χ3n) is 4.61. The first-order chi connectivity index (χ1) is 15.7. The van der Waals surface area contributed by atoms with Crippen LogP contribution in [0.1, 0.15) is 32.1 Å². The van der Waals surface area contributed by atoms with Gasteiger partial charge in [-0.05, 0) is 56.3 Å². The quantitative estimate of drug-likeness (QED) is 0.404. The molecule has 2 N–H and O–H groups in total. The first-order valence-corrected chi connectivity index (χ1v) is 10.4. The fourth-order valence-corrected chi connectivity index (χ4v) is 3.21. The monoisotopic (exact) mass is 490 g/mol. The number of carbonyl (C=O) groups is 3. The van der Waals surface area contributed by atoms with Crippen molar-refractivity contribution in [3.8, 4) is 11.4 Å². The molecule has 0 radical (unpaired) electrons. The number of hydrogen-bond acceptors (Lipinski definition) is 6. The second-order valence-electron chi connectivity index (χ2n) is 6.87. The molecule has 2 aromatic carbocycles. The molecule has 0 aliphatic heterocycles. The van der Waals surface area contributed by atoms with Crippen molar-refractivity contribution in [2.24, 2.45) is 0 Å². The van der Waals surface area contributed by atoms with Crippen LogP contribution in [0.4, 0.5) is 0 Å². The average molecular weight is 491 g/mol. The highest BCUT2D eigenvalue weighted by molar-refractivity contribution is 6.32. The molecule has 0 aliphatic rings. The van der Waals surface area contributed by atoms with Crippen molar-refractivity contribution in [1.29, 1.82) is 0 Å². The number of carbonyl (C=O) groups excluding carboxylic acids is 3. The number of methoxy groups -OCH3 is 1. The first kappa shape index (κ1) is 24.1. The van der Waals surface area contributed by atoms with Gasteiger partial charge in [-0.15, -0.1) is 0 Å². The standard InChI is InChI=1S/C22H20Cl2N4O5/c1-12-20(24)13(2)28(27-12)16-7-4-14(5-8-16)22(31)33-11-19(29)25-26-21(30)17-10-15(23)6-9-18(17)32-3/h4-10H,11H2,1-3H3,(H,25,29)(H,26,30). The first-order valence-electron chi connectivity index (χ1n) is 9.63. The molecule has 3 rings (SSSR count). The number of hydrazine groups is 1. The Labute approximate surface area is 199 Å². The number of aryl methyl sites for hydroxylation is 1. The summed E-state index contributed by atoms with van der Waals surface area (Å²) in [5.41, 5.74) is 6.94.